The van der Waals surface area contributed by atoms with E-state index in [0.717, 1.165) is 10.4 Å². The Kier molecular flexibility index (Phi) is 8.02. The monoisotopic (exact) mass is 434 g/mol. The first kappa shape index (κ1) is 23.6. The number of hydrogen-bond acceptors (Lipinski definition) is 4. The zero-order valence-electron chi connectivity index (χ0n) is 14.0. The van der Waals surface area contributed by atoms with Gasteiger partial charge >= 0.3 is 12.1 Å². The van der Waals surface area contributed by atoms with Crippen molar-refractivity contribution in [2.75, 3.05) is 26.2 Å². The van der Waals surface area contributed by atoms with Gasteiger partial charge in [0.05, 0.1) is 17.0 Å². The van der Waals surface area contributed by atoms with Gasteiger partial charge in [-0.3, -0.25) is 4.79 Å². The van der Waals surface area contributed by atoms with Gasteiger partial charge in [0.2, 0.25) is 10.0 Å². The highest BCUT2D eigenvalue weighted by atomic mass is 35.5. The molecule has 1 aliphatic rings. The highest BCUT2D eigenvalue weighted by Crippen LogP contribution is 2.33. The predicted octanol–water partition coefficient (Wildman–Crippen LogP) is 2.34. The second-order valence-corrected chi connectivity index (χ2v) is 7.97. The second-order valence-electron chi connectivity index (χ2n) is 6.04. The Morgan fingerprint density at radius 1 is 1.33 bits per heavy atom. The zero-order valence-corrected chi connectivity index (χ0v) is 15.6. The molecule has 12 heteroatoms. The molecule has 0 bridgehead atoms. The van der Waals surface area contributed by atoms with E-state index in [9.17, 15) is 30.8 Å². The molecule has 1 fully saturated rings. The maximum absolute atomic E-state index is 13.7. The molecule has 0 spiro atoms. The molecule has 0 aliphatic carbocycles. The number of carbonyl (C=O) groups is 1. The van der Waals surface area contributed by atoms with E-state index in [1.807, 2.05) is 0 Å². The van der Waals surface area contributed by atoms with Crippen molar-refractivity contribution in [1.82, 2.24) is 9.62 Å². The maximum Gasteiger partial charge on any atom is 0.419 e. The van der Waals surface area contributed by atoms with Crippen LogP contribution in [0.4, 0.5) is 17.6 Å². The van der Waals surface area contributed by atoms with E-state index >= 15 is 0 Å². The fraction of sp³-hybridized carbons (Fsp3) is 0.533. The van der Waals surface area contributed by atoms with Crippen molar-refractivity contribution in [3.05, 3.63) is 29.6 Å². The largest absolute Gasteiger partial charge is 0.480 e. The third-order valence-electron chi connectivity index (χ3n) is 4.07. The number of benzene rings is 1. The molecule has 0 saturated carbocycles. The minimum Gasteiger partial charge on any atom is -0.480 e. The number of rotatable bonds is 6. The molecule has 0 amide bonds. The summed E-state index contributed by atoms with van der Waals surface area (Å²) in [6.07, 6.45) is -3.71. The summed E-state index contributed by atoms with van der Waals surface area (Å²) in [5, 5.41) is 11.3. The molecular formula is C15H19ClF4N2O4S. The molecule has 1 aromatic rings. The minimum absolute atomic E-state index is 0. The van der Waals surface area contributed by atoms with Gasteiger partial charge in [-0.05, 0) is 43.5 Å². The molecule has 27 heavy (non-hydrogen) atoms. The number of nitrogens with one attached hydrogen (secondary N) is 1. The molecule has 1 atom stereocenters. The van der Waals surface area contributed by atoms with Gasteiger partial charge in [-0.15, -0.1) is 12.4 Å². The lowest BCUT2D eigenvalue weighted by Crippen LogP contribution is -2.43. The zero-order chi connectivity index (χ0) is 19.5. The van der Waals surface area contributed by atoms with Crippen LogP contribution in [0.2, 0.25) is 0 Å². The number of halogens is 5. The van der Waals surface area contributed by atoms with Crippen molar-refractivity contribution in [3.8, 4) is 0 Å². The highest BCUT2D eigenvalue weighted by Gasteiger charge is 2.36. The molecular weight excluding hydrogens is 416 g/mol. The number of alkyl halides is 3. The Balaban J connectivity index is 0.00000364. The van der Waals surface area contributed by atoms with Crippen LogP contribution in [-0.2, 0) is 21.0 Å². The van der Waals surface area contributed by atoms with E-state index in [1.165, 1.54) is 0 Å². The van der Waals surface area contributed by atoms with Crippen molar-refractivity contribution in [1.29, 1.82) is 0 Å². The van der Waals surface area contributed by atoms with Crippen LogP contribution in [0.25, 0.3) is 0 Å². The van der Waals surface area contributed by atoms with E-state index in [1.54, 1.807) is 0 Å². The number of carboxylic acids is 1. The summed E-state index contributed by atoms with van der Waals surface area (Å²) in [7, 11) is -4.14. The van der Waals surface area contributed by atoms with Gasteiger partial charge in [0.1, 0.15) is 5.82 Å². The average Bonchev–Trinajstić information content (AvgIpc) is 2.53. The van der Waals surface area contributed by atoms with Crippen molar-refractivity contribution in [2.45, 2.75) is 23.9 Å². The van der Waals surface area contributed by atoms with Crippen LogP contribution in [-0.4, -0.2) is 50.0 Å². The van der Waals surface area contributed by atoms with Gasteiger partial charge in [0.15, 0.2) is 0 Å². The predicted molar refractivity (Wildman–Crippen MR) is 90.6 cm³/mol. The first-order chi connectivity index (χ1) is 12.0. The molecule has 1 aliphatic heterocycles. The van der Waals surface area contributed by atoms with E-state index in [0.29, 0.717) is 31.5 Å². The van der Waals surface area contributed by atoms with E-state index in [2.05, 4.69) is 5.32 Å². The Morgan fingerprint density at radius 2 is 2.00 bits per heavy atom. The summed E-state index contributed by atoms with van der Waals surface area (Å²) in [4.78, 5) is 9.96. The highest BCUT2D eigenvalue weighted by molar-refractivity contribution is 7.89. The molecule has 0 aromatic heterocycles. The first-order valence-electron chi connectivity index (χ1n) is 7.81. The average molecular weight is 435 g/mol. The lowest BCUT2D eigenvalue weighted by molar-refractivity contribution is -0.140. The van der Waals surface area contributed by atoms with Gasteiger partial charge in [-0.1, -0.05) is 0 Å². The van der Waals surface area contributed by atoms with Gasteiger partial charge < -0.3 is 10.4 Å². The summed E-state index contributed by atoms with van der Waals surface area (Å²) in [5.41, 5.74) is -1.52. The Bertz CT molecular complexity index is 774. The number of hydrogen-bond donors (Lipinski definition) is 2. The lowest BCUT2D eigenvalue weighted by atomic mass is 10.00. The standard InChI is InChI=1S/C15H18F4N2O4S.ClH/c16-13-6-11(3-4-12(13)15(17,18)19)26(24,25)21-5-1-2-10(9-21)7-20-8-14(22)23;/h3-4,6,10,20H,1-2,5,7-9H2,(H,22,23);1H. The molecule has 0 radical (unpaired) electrons. The van der Waals surface area contributed by atoms with E-state index < -0.39 is 38.4 Å². The second kappa shape index (κ2) is 9.18. The SMILES string of the molecule is Cl.O=C(O)CNCC1CCCN(S(=O)(=O)c2ccc(C(F)(F)F)c(F)c2)C1. The molecule has 1 unspecified atom stereocenters. The molecule has 1 aromatic carbocycles. The van der Waals surface area contributed by atoms with Crippen molar-refractivity contribution < 1.29 is 35.9 Å². The van der Waals surface area contributed by atoms with Crippen LogP contribution in [0.3, 0.4) is 0 Å². The normalized spacial score (nSPS) is 18.7. The maximum atomic E-state index is 13.7. The number of sulfonamides is 1. The fourth-order valence-electron chi connectivity index (χ4n) is 2.83. The van der Waals surface area contributed by atoms with Gasteiger partial charge in [0.25, 0.3) is 0 Å². The quantitative estimate of drug-likeness (QED) is 0.671. The van der Waals surface area contributed by atoms with Crippen molar-refractivity contribution in [3.63, 3.8) is 0 Å². The summed E-state index contributed by atoms with van der Waals surface area (Å²) in [6, 6.07) is 1.54. The first-order valence-corrected chi connectivity index (χ1v) is 9.25. The minimum atomic E-state index is -4.90. The lowest BCUT2D eigenvalue weighted by Gasteiger charge is -2.32. The van der Waals surface area contributed by atoms with Crippen LogP contribution in [0.5, 0.6) is 0 Å². The summed E-state index contributed by atoms with van der Waals surface area (Å²) in [6.45, 7) is 0.283. The Morgan fingerprint density at radius 3 is 2.56 bits per heavy atom. The number of aliphatic carboxylic acids is 1. The Hall–Kier alpha value is -1.43. The van der Waals surface area contributed by atoms with Crippen LogP contribution in [0.15, 0.2) is 23.1 Å². The van der Waals surface area contributed by atoms with Crippen LogP contribution >= 0.6 is 12.4 Å². The number of carboxylic acid groups (broad SMARTS) is 1. The summed E-state index contributed by atoms with van der Waals surface area (Å²) in [5.74, 6) is -2.82. The van der Waals surface area contributed by atoms with Crippen molar-refractivity contribution >= 4 is 28.4 Å². The summed E-state index contributed by atoms with van der Waals surface area (Å²) >= 11 is 0. The van der Waals surface area contributed by atoms with Gasteiger partial charge in [0, 0.05) is 13.1 Å². The van der Waals surface area contributed by atoms with E-state index in [4.69, 9.17) is 5.11 Å². The molecule has 2 rings (SSSR count). The van der Waals surface area contributed by atoms with Gasteiger partial charge in [-0.25, -0.2) is 12.8 Å². The molecule has 2 N–H and O–H groups in total. The van der Waals surface area contributed by atoms with Gasteiger partial charge in [-0.2, -0.15) is 17.5 Å². The molecule has 6 nitrogen and oxygen atoms in total. The third kappa shape index (κ3) is 6.03. The number of piperidine rings is 1. The van der Waals surface area contributed by atoms with Crippen LogP contribution in [0.1, 0.15) is 18.4 Å². The van der Waals surface area contributed by atoms with Crippen LogP contribution in [0, 0.1) is 11.7 Å². The van der Waals surface area contributed by atoms with Crippen LogP contribution < -0.4 is 5.32 Å². The molecule has 1 heterocycles. The van der Waals surface area contributed by atoms with E-state index in [-0.39, 0.29) is 38.0 Å². The van der Waals surface area contributed by atoms with Crippen molar-refractivity contribution in [2.24, 2.45) is 5.92 Å². The Labute approximate surface area is 160 Å². The number of nitrogens with zero attached hydrogens (tertiary/aromatic N) is 1. The topological polar surface area (TPSA) is 86.7 Å². The fourth-order valence-corrected chi connectivity index (χ4v) is 4.40. The molecule has 1 saturated heterocycles. The third-order valence-corrected chi connectivity index (χ3v) is 5.94. The summed E-state index contributed by atoms with van der Waals surface area (Å²) < 4.78 is 77.8. The smallest absolute Gasteiger partial charge is 0.419 e. The molecule has 154 valence electrons.